The van der Waals surface area contributed by atoms with Gasteiger partial charge in [0.25, 0.3) is 0 Å². The number of fused-ring (bicyclic) bond motifs is 9. The first-order valence-corrected chi connectivity index (χ1v) is 22.0. The van der Waals surface area contributed by atoms with Crippen LogP contribution in [0.2, 0.25) is 0 Å². The smallest absolute Gasteiger partial charge is 0.331 e. The molecule has 15 heteroatoms. The highest BCUT2D eigenvalue weighted by Gasteiger charge is 2.61. The van der Waals surface area contributed by atoms with E-state index in [4.69, 9.17) is 28.4 Å². The average Bonchev–Trinajstić information content (AvgIpc) is 3.77. The minimum Gasteiger partial charge on any atom is -0.507 e. The molecule has 1 unspecified atom stereocenters. The van der Waals surface area contributed by atoms with E-state index in [1.807, 2.05) is 50.4 Å². The van der Waals surface area contributed by atoms with Crippen molar-refractivity contribution in [2.45, 2.75) is 80.5 Å². The summed E-state index contributed by atoms with van der Waals surface area (Å²) in [5, 5.41) is 38.6. The number of phenols is 2. The molecule has 7 atom stereocenters. The van der Waals surface area contributed by atoms with Crippen LogP contribution in [0.3, 0.4) is 0 Å². The third-order valence-corrected chi connectivity index (χ3v) is 15.4. The van der Waals surface area contributed by atoms with E-state index in [9.17, 15) is 25.1 Å². The number of hydrogen-bond acceptors (Lipinski definition) is 15. The molecule has 14 nitrogen and oxygen atoms in total. The summed E-state index contributed by atoms with van der Waals surface area (Å²) < 4.78 is 36.2. The van der Waals surface area contributed by atoms with Crippen molar-refractivity contribution in [3.05, 3.63) is 98.6 Å². The second-order valence-electron chi connectivity index (χ2n) is 17.0. The maximum atomic E-state index is 15.0. The van der Waals surface area contributed by atoms with E-state index in [0.717, 1.165) is 22.3 Å². The van der Waals surface area contributed by atoms with Crippen LogP contribution in [-0.2, 0) is 39.1 Å². The Balaban J connectivity index is 1.11. The van der Waals surface area contributed by atoms with Crippen LogP contribution in [0.25, 0.3) is 0 Å². The number of likely N-dealkylation sites (N-methyl/N-ethyl adjacent to an activating group) is 1. The lowest BCUT2D eigenvalue weighted by atomic mass is 9.71. The van der Waals surface area contributed by atoms with Gasteiger partial charge in [-0.1, -0.05) is 36.4 Å². The van der Waals surface area contributed by atoms with Gasteiger partial charge >= 0.3 is 11.9 Å². The summed E-state index contributed by atoms with van der Waals surface area (Å²) in [6, 6.07) is 15.3. The molecule has 7 aliphatic heterocycles. The highest BCUT2D eigenvalue weighted by molar-refractivity contribution is 7.99. The minimum atomic E-state index is -1.39. The monoisotopic (exact) mass is 860 g/mol. The van der Waals surface area contributed by atoms with E-state index >= 15 is 0 Å². The molecule has 3 N–H and O–H groups in total. The van der Waals surface area contributed by atoms with Crippen LogP contribution in [0.1, 0.15) is 73.8 Å². The van der Waals surface area contributed by atoms with Crippen molar-refractivity contribution in [3.63, 3.8) is 0 Å². The second-order valence-corrected chi connectivity index (χ2v) is 18.1. The van der Waals surface area contributed by atoms with Crippen molar-refractivity contribution in [2.75, 3.05) is 47.0 Å². The van der Waals surface area contributed by atoms with E-state index in [1.54, 1.807) is 26.2 Å². The molecule has 0 amide bonds. The van der Waals surface area contributed by atoms with Gasteiger partial charge in [0.1, 0.15) is 18.4 Å². The largest absolute Gasteiger partial charge is 0.507 e. The molecule has 322 valence electrons. The highest BCUT2D eigenvalue weighted by atomic mass is 32.2. The van der Waals surface area contributed by atoms with Gasteiger partial charge in [-0.05, 0) is 80.1 Å². The van der Waals surface area contributed by atoms with Crippen molar-refractivity contribution in [3.8, 4) is 46.3 Å². The molecule has 2 saturated heterocycles. The molecule has 0 radical (unpaired) electrons. The van der Waals surface area contributed by atoms with Crippen molar-refractivity contribution < 1.29 is 48.2 Å². The second kappa shape index (κ2) is 15.3. The number of aryl methyl sites for hydroxylation is 2. The Labute approximate surface area is 363 Å². The number of rotatable bonds is 6. The zero-order valence-corrected chi connectivity index (χ0v) is 36.0. The van der Waals surface area contributed by atoms with Crippen LogP contribution in [0.15, 0.2) is 48.5 Å². The summed E-state index contributed by atoms with van der Waals surface area (Å²) in [5.74, 6) is 1.15. The van der Waals surface area contributed by atoms with Gasteiger partial charge < -0.3 is 38.6 Å². The van der Waals surface area contributed by atoms with Crippen LogP contribution in [0.4, 0.5) is 0 Å². The maximum Gasteiger partial charge on any atom is 0.331 e. The number of piperazine rings is 1. The lowest BCUT2D eigenvalue weighted by Gasteiger charge is -2.62. The van der Waals surface area contributed by atoms with E-state index in [1.165, 1.54) is 18.9 Å². The normalized spacial score (nSPS) is 26.9. The topological polar surface area (TPSA) is 172 Å². The number of benzene rings is 4. The summed E-state index contributed by atoms with van der Waals surface area (Å²) in [5.41, 5.74) is 5.29. The van der Waals surface area contributed by atoms with Gasteiger partial charge in [-0.2, -0.15) is 5.26 Å². The molecule has 7 heterocycles. The first kappa shape index (κ1) is 40.4. The molecule has 1 spiro atoms. The molecule has 0 saturated carbocycles. The third-order valence-electron chi connectivity index (χ3n) is 13.9. The number of nitrogens with zero attached hydrogens (tertiary/aromatic N) is 3. The van der Waals surface area contributed by atoms with Crippen LogP contribution in [-0.4, -0.2) is 97.0 Å². The number of hydrogen-bond donors (Lipinski definition) is 3. The Kier molecular flexibility index (Phi) is 9.97. The zero-order valence-electron chi connectivity index (χ0n) is 35.2. The standard InChI is InChI=1S/C47H48N4O10S/c1-23-15-27-16-29-30(19-48)51-31-20-58-46(55)47(28-18-32(56-4)33(17-26(28)13-14-49-47)61-34(52)12-11-25-9-7-6-8-10-25)21-62-45(37-36(31)44-43(59-22-60-44)24(2)40(37)53)39(51)38(50(29)3)35(27)41(54)42(23)57-5/h6-10,15,17-18,29-31,38-39,45,49,53-54H,11-14,16,20-22H2,1-5H3/t29-,30-,31-,38-,39?,45+,47+/m0/s1. The van der Waals surface area contributed by atoms with Crippen LogP contribution < -0.4 is 29.0 Å². The number of methoxy groups -OCH3 is 2. The van der Waals surface area contributed by atoms with E-state index in [-0.39, 0.29) is 48.9 Å². The van der Waals surface area contributed by atoms with Crippen molar-refractivity contribution in [1.29, 1.82) is 5.26 Å². The molecule has 11 rings (SSSR count). The minimum absolute atomic E-state index is 0.0461. The quantitative estimate of drug-likeness (QED) is 0.162. The van der Waals surface area contributed by atoms with Gasteiger partial charge in [0, 0.05) is 53.1 Å². The van der Waals surface area contributed by atoms with Gasteiger partial charge in [0.05, 0.1) is 37.6 Å². The Morgan fingerprint density at radius 1 is 1.00 bits per heavy atom. The summed E-state index contributed by atoms with van der Waals surface area (Å²) in [7, 11) is 5.03. The van der Waals surface area contributed by atoms with Crippen LogP contribution >= 0.6 is 11.8 Å². The Morgan fingerprint density at radius 3 is 2.55 bits per heavy atom. The third kappa shape index (κ3) is 5.94. The summed E-state index contributed by atoms with van der Waals surface area (Å²) in [6.45, 7) is 3.89. The fourth-order valence-corrected chi connectivity index (χ4v) is 12.8. The number of nitrogens with one attached hydrogen (secondary N) is 1. The van der Waals surface area contributed by atoms with Crippen molar-refractivity contribution in [1.82, 2.24) is 15.1 Å². The number of nitriles is 1. The Morgan fingerprint density at radius 2 is 1.79 bits per heavy atom. The molecule has 2 fully saturated rings. The van der Waals surface area contributed by atoms with Gasteiger partial charge in [-0.3, -0.25) is 19.9 Å². The predicted molar refractivity (Wildman–Crippen MR) is 227 cm³/mol. The van der Waals surface area contributed by atoms with Crippen LogP contribution in [0.5, 0.6) is 40.2 Å². The van der Waals surface area contributed by atoms with Gasteiger partial charge in [-0.15, -0.1) is 11.8 Å². The molecule has 4 aromatic carbocycles. The Hall–Kier alpha value is -5.66. The predicted octanol–water partition coefficient (Wildman–Crippen LogP) is 5.60. The first-order valence-electron chi connectivity index (χ1n) is 20.9. The molecular formula is C47H48N4O10S. The molecule has 7 aliphatic rings. The number of ether oxygens (including phenoxy) is 6. The molecule has 62 heavy (non-hydrogen) atoms. The zero-order chi connectivity index (χ0) is 43.2. The lowest BCUT2D eigenvalue weighted by molar-refractivity contribution is -0.157. The number of aromatic hydroxyl groups is 2. The SMILES string of the molecule is COc1cc2c(cc1OC(=O)CCc1ccccc1)CCN[C@]21CS[C@@H]2c3c(O)c(C)c4c(c3[C@H](COC1=O)N1C2[C@@H]2c3c(cc(C)c(OC)c3O)C[C@@H]([C@@H]1C#N)N2C)OCO4. The average molecular weight is 861 g/mol. The van der Waals surface area contributed by atoms with Crippen molar-refractivity contribution in [2.24, 2.45) is 0 Å². The number of esters is 2. The first-order chi connectivity index (χ1) is 30.0. The fraction of sp³-hybridized carbons (Fsp3) is 0.426. The van der Waals surface area contributed by atoms with Gasteiger partial charge in [0.2, 0.25) is 6.79 Å². The van der Waals surface area contributed by atoms with Crippen molar-refractivity contribution >= 4 is 23.7 Å². The molecule has 4 bridgehead atoms. The number of carbonyl (C=O) groups excluding carboxylic acids is 2. The van der Waals surface area contributed by atoms with E-state index in [0.29, 0.717) is 76.6 Å². The Bertz CT molecular complexity index is 2560. The van der Waals surface area contributed by atoms with E-state index in [2.05, 4.69) is 21.2 Å². The fourth-order valence-electron chi connectivity index (χ4n) is 11.1. The lowest BCUT2D eigenvalue weighted by Crippen LogP contribution is -2.69. The van der Waals surface area contributed by atoms with E-state index < -0.39 is 46.9 Å². The summed E-state index contributed by atoms with van der Waals surface area (Å²) >= 11 is 1.48. The number of carbonyl (C=O) groups is 2. The molecular weight excluding hydrogens is 813 g/mol. The molecule has 4 aromatic rings. The molecule has 0 aliphatic carbocycles. The number of phenolic OH excluding ortho intramolecular Hbond substituents is 2. The summed E-state index contributed by atoms with van der Waals surface area (Å²) in [6.07, 6.45) is 1.73. The molecule has 0 aromatic heterocycles. The number of thioether (sulfide) groups is 1. The van der Waals surface area contributed by atoms with Crippen LogP contribution in [0, 0.1) is 25.2 Å². The van der Waals surface area contributed by atoms with Gasteiger partial charge in [0.15, 0.2) is 40.0 Å². The highest BCUT2D eigenvalue weighted by Crippen LogP contribution is 2.64. The summed E-state index contributed by atoms with van der Waals surface area (Å²) in [4.78, 5) is 32.5. The van der Waals surface area contributed by atoms with Gasteiger partial charge in [-0.25, -0.2) is 4.79 Å². The maximum absolute atomic E-state index is 15.0.